The van der Waals surface area contributed by atoms with E-state index in [1.54, 1.807) is 10.7 Å². The van der Waals surface area contributed by atoms with Crippen molar-refractivity contribution in [1.82, 2.24) is 34.7 Å². The minimum absolute atomic E-state index is 0. The van der Waals surface area contributed by atoms with Crippen LogP contribution in [-0.2, 0) is 6.54 Å². The maximum absolute atomic E-state index is 6.16. The Hall–Kier alpha value is -3.17. The number of ether oxygens (including phenoxy) is 1. The first-order valence-corrected chi connectivity index (χ1v) is 11.1. The smallest absolute Gasteiger partial charge is 0.322 e. The molecule has 0 spiro atoms. The number of halogens is 1. The number of hydrogen-bond donors (Lipinski definition) is 2. The summed E-state index contributed by atoms with van der Waals surface area (Å²) in [5.74, 6) is 0.899. The monoisotopic (exact) mass is 468 g/mol. The fourth-order valence-electron chi connectivity index (χ4n) is 3.99. The first kappa shape index (κ1) is 23.0. The van der Waals surface area contributed by atoms with E-state index in [1.807, 2.05) is 35.3 Å². The molecule has 4 aromatic rings. The Morgan fingerprint density at radius 3 is 2.82 bits per heavy atom. The number of fused-ring (bicyclic) bond motifs is 1. The van der Waals surface area contributed by atoms with Crippen molar-refractivity contribution in [2.75, 3.05) is 18.4 Å². The van der Waals surface area contributed by atoms with Crippen LogP contribution in [-0.4, -0.2) is 48.6 Å². The highest BCUT2D eigenvalue weighted by Gasteiger charge is 2.20. The van der Waals surface area contributed by atoms with E-state index in [0.717, 1.165) is 48.4 Å². The largest absolute Gasteiger partial charge is 0.459 e. The molecule has 0 saturated carbocycles. The molecule has 2 N–H and O–H groups in total. The molecule has 1 fully saturated rings. The van der Waals surface area contributed by atoms with Crippen LogP contribution in [0.2, 0.25) is 0 Å². The summed E-state index contributed by atoms with van der Waals surface area (Å²) >= 11 is 0. The van der Waals surface area contributed by atoms with Gasteiger partial charge in [0.15, 0.2) is 5.65 Å². The van der Waals surface area contributed by atoms with Gasteiger partial charge in [-0.3, -0.25) is 0 Å². The molecule has 1 atom stereocenters. The molecule has 5 rings (SSSR count). The van der Waals surface area contributed by atoms with Crippen LogP contribution in [0.5, 0.6) is 6.01 Å². The Morgan fingerprint density at radius 1 is 1.18 bits per heavy atom. The zero-order valence-electron chi connectivity index (χ0n) is 18.8. The van der Waals surface area contributed by atoms with E-state index >= 15 is 0 Å². The number of nitrogens with one attached hydrogen (secondary N) is 2. The average molecular weight is 469 g/mol. The molecule has 4 heterocycles. The summed E-state index contributed by atoms with van der Waals surface area (Å²) in [5, 5.41) is 15.8. The van der Waals surface area contributed by atoms with Gasteiger partial charge in [0.1, 0.15) is 6.10 Å². The van der Waals surface area contributed by atoms with Gasteiger partial charge < -0.3 is 15.4 Å². The summed E-state index contributed by atoms with van der Waals surface area (Å²) < 4.78 is 9.79. The fourth-order valence-corrected chi connectivity index (χ4v) is 3.99. The molecule has 174 valence electrons. The summed E-state index contributed by atoms with van der Waals surface area (Å²) in [6.45, 7) is 6.67. The normalized spacial score (nSPS) is 16.0. The lowest BCUT2D eigenvalue weighted by molar-refractivity contribution is 0.153. The number of hydrogen-bond acceptors (Lipinski definition) is 7. The standard InChI is InChI=1S/C23H28N8O.ClH/c1-16(2)19-15-27-31-21(19)28-23(32-18-8-5-10-24-14-18)29-22(31)25-13-17-7-3-4-9-20(17)30-12-6-11-26-30;/h3-4,6-7,9,11-12,15-16,18,24H,5,8,10,13-14H2,1-2H3,(H,25,28,29);1H. The molecular formula is C23H29ClN8O. The number of aromatic nitrogens is 6. The van der Waals surface area contributed by atoms with Crippen molar-refractivity contribution in [1.29, 1.82) is 0 Å². The molecule has 0 radical (unpaired) electrons. The van der Waals surface area contributed by atoms with E-state index in [-0.39, 0.29) is 18.5 Å². The van der Waals surface area contributed by atoms with Crippen molar-refractivity contribution in [2.45, 2.75) is 45.3 Å². The van der Waals surface area contributed by atoms with Crippen LogP contribution in [0.15, 0.2) is 48.9 Å². The second-order valence-corrected chi connectivity index (χ2v) is 8.34. The highest BCUT2D eigenvalue weighted by Crippen LogP contribution is 2.24. The van der Waals surface area contributed by atoms with Crippen molar-refractivity contribution in [2.24, 2.45) is 0 Å². The van der Waals surface area contributed by atoms with Gasteiger partial charge in [-0.15, -0.1) is 12.4 Å². The van der Waals surface area contributed by atoms with Gasteiger partial charge in [-0.2, -0.15) is 24.7 Å². The van der Waals surface area contributed by atoms with E-state index in [0.29, 0.717) is 24.4 Å². The van der Waals surface area contributed by atoms with Crippen molar-refractivity contribution in [3.05, 3.63) is 60.0 Å². The molecule has 0 amide bonds. The van der Waals surface area contributed by atoms with Crippen LogP contribution in [0.4, 0.5) is 5.95 Å². The Labute approximate surface area is 199 Å². The molecule has 1 saturated heterocycles. The maximum Gasteiger partial charge on any atom is 0.322 e. The minimum Gasteiger partial charge on any atom is -0.459 e. The van der Waals surface area contributed by atoms with E-state index < -0.39 is 0 Å². The third-order valence-electron chi connectivity index (χ3n) is 5.70. The molecule has 3 aromatic heterocycles. The van der Waals surface area contributed by atoms with Gasteiger partial charge in [0.25, 0.3) is 0 Å². The van der Waals surface area contributed by atoms with Gasteiger partial charge in [0, 0.05) is 31.0 Å². The third kappa shape index (κ3) is 4.94. The molecule has 33 heavy (non-hydrogen) atoms. The molecule has 1 aliphatic rings. The van der Waals surface area contributed by atoms with E-state index in [1.165, 1.54) is 0 Å². The number of nitrogens with zero attached hydrogens (tertiary/aromatic N) is 6. The number of anilines is 1. The molecule has 1 aromatic carbocycles. The van der Waals surface area contributed by atoms with Gasteiger partial charge in [0.05, 0.1) is 11.9 Å². The number of piperidine rings is 1. The zero-order valence-corrected chi connectivity index (χ0v) is 19.6. The molecule has 10 heteroatoms. The SMILES string of the molecule is CC(C)c1cnn2c(NCc3ccccc3-n3cccn3)nc(OC3CCCNC3)nc12.Cl. The lowest BCUT2D eigenvalue weighted by Crippen LogP contribution is -2.37. The molecule has 1 aliphatic heterocycles. The molecule has 0 bridgehead atoms. The fraction of sp³-hybridized carbons (Fsp3) is 0.391. The van der Waals surface area contributed by atoms with Crippen LogP contribution in [0, 0.1) is 0 Å². The molecule has 1 unspecified atom stereocenters. The Balaban J connectivity index is 0.00000259. The lowest BCUT2D eigenvalue weighted by Gasteiger charge is -2.23. The number of para-hydroxylation sites is 1. The lowest BCUT2D eigenvalue weighted by atomic mass is 10.1. The number of benzene rings is 1. The van der Waals surface area contributed by atoms with Crippen LogP contribution < -0.4 is 15.4 Å². The Bertz CT molecular complexity index is 1180. The van der Waals surface area contributed by atoms with Crippen LogP contribution >= 0.6 is 12.4 Å². The third-order valence-corrected chi connectivity index (χ3v) is 5.70. The summed E-state index contributed by atoms with van der Waals surface area (Å²) in [4.78, 5) is 9.39. The average Bonchev–Trinajstić information content (AvgIpc) is 3.49. The van der Waals surface area contributed by atoms with E-state index in [4.69, 9.17) is 9.72 Å². The first-order valence-electron chi connectivity index (χ1n) is 11.1. The Morgan fingerprint density at radius 2 is 2.06 bits per heavy atom. The zero-order chi connectivity index (χ0) is 21.9. The highest BCUT2D eigenvalue weighted by molar-refractivity contribution is 5.85. The quantitative estimate of drug-likeness (QED) is 0.428. The molecule has 0 aliphatic carbocycles. The first-order chi connectivity index (χ1) is 15.7. The van der Waals surface area contributed by atoms with Crippen LogP contribution in [0.3, 0.4) is 0 Å². The minimum atomic E-state index is 0. The van der Waals surface area contributed by atoms with Crippen molar-refractivity contribution >= 4 is 24.0 Å². The maximum atomic E-state index is 6.16. The summed E-state index contributed by atoms with van der Waals surface area (Å²) in [7, 11) is 0. The second kappa shape index (κ2) is 10.2. The van der Waals surface area contributed by atoms with E-state index in [2.05, 4.69) is 51.8 Å². The van der Waals surface area contributed by atoms with Gasteiger partial charge in [-0.05, 0) is 43.0 Å². The van der Waals surface area contributed by atoms with Gasteiger partial charge >= 0.3 is 6.01 Å². The van der Waals surface area contributed by atoms with Gasteiger partial charge in [-0.1, -0.05) is 32.0 Å². The highest BCUT2D eigenvalue weighted by atomic mass is 35.5. The topological polar surface area (TPSA) is 94.2 Å². The van der Waals surface area contributed by atoms with Crippen molar-refractivity contribution in [3.8, 4) is 11.7 Å². The van der Waals surface area contributed by atoms with Crippen molar-refractivity contribution in [3.63, 3.8) is 0 Å². The van der Waals surface area contributed by atoms with Gasteiger partial charge in [-0.25, -0.2) is 4.68 Å². The van der Waals surface area contributed by atoms with E-state index in [9.17, 15) is 0 Å². The Kier molecular flexibility index (Phi) is 7.10. The van der Waals surface area contributed by atoms with Crippen LogP contribution in [0.25, 0.3) is 11.3 Å². The molecular weight excluding hydrogens is 440 g/mol. The summed E-state index contributed by atoms with van der Waals surface area (Å²) in [6, 6.07) is 10.5. The molecule has 9 nitrogen and oxygen atoms in total. The predicted molar refractivity (Wildman–Crippen MR) is 130 cm³/mol. The second-order valence-electron chi connectivity index (χ2n) is 8.34. The van der Waals surface area contributed by atoms with Crippen LogP contribution in [0.1, 0.15) is 43.7 Å². The van der Waals surface area contributed by atoms with Gasteiger partial charge in [0.2, 0.25) is 5.95 Å². The summed E-state index contributed by atoms with van der Waals surface area (Å²) in [5.41, 5.74) is 3.96. The van der Waals surface area contributed by atoms with Crippen molar-refractivity contribution < 1.29 is 4.74 Å². The number of rotatable bonds is 7. The predicted octanol–water partition coefficient (Wildman–Crippen LogP) is 3.60. The summed E-state index contributed by atoms with van der Waals surface area (Å²) in [6.07, 6.45) is 7.74.